The van der Waals surface area contributed by atoms with E-state index in [1.807, 2.05) is 13.1 Å². The topological polar surface area (TPSA) is 50.9 Å². The van der Waals surface area contributed by atoms with E-state index in [1.165, 1.54) is 6.42 Å². The third kappa shape index (κ3) is 4.62. The maximum atomic E-state index is 5.42. The zero-order valence-corrected chi connectivity index (χ0v) is 10.7. The summed E-state index contributed by atoms with van der Waals surface area (Å²) in [4.78, 5) is 4.31. The van der Waals surface area contributed by atoms with E-state index >= 15 is 0 Å². The first-order valence-electron chi connectivity index (χ1n) is 5.30. The van der Waals surface area contributed by atoms with Gasteiger partial charge < -0.3 is 11.1 Å². The predicted octanol–water partition coefficient (Wildman–Crippen LogP) is 2.69. The highest BCUT2D eigenvalue weighted by Gasteiger charge is 1.99. The van der Waals surface area contributed by atoms with Gasteiger partial charge in [-0.3, -0.25) is 0 Å². The molecule has 1 aromatic rings. The van der Waals surface area contributed by atoms with Crippen LogP contribution in [0.1, 0.15) is 24.8 Å². The van der Waals surface area contributed by atoms with Crippen molar-refractivity contribution >= 4 is 21.7 Å². The molecule has 3 nitrogen and oxygen atoms in total. The summed E-state index contributed by atoms with van der Waals surface area (Å²) in [6.07, 6.45) is 5.28. The number of rotatable bonds is 6. The standard InChI is InChI=1S/C11H18BrN3/c1-9-7-10(12)11(15-8-9)14-6-4-2-3-5-13/h7-8H,2-6,13H2,1H3,(H,14,15). The molecule has 0 aliphatic heterocycles. The second-order valence-corrected chi connectivity index (χ2v) is 4.47. The van der Waals surface area contributed by atoms with Gasteiger partial charge in [0.15, 0.2) is 0 Å². The molecule has 1 aromatic heterocycles. The average Bonchev–Trinajstić information content (AvgIpc) is 2.20. The summed E-state index contributed by atoms with van der Waals surface area (Å²) in [6.45, 7) is 3.77. The largest absolute Gasteiger partial charge is 0.369 e. The Hall–Kier alpha value is -0.610. The van der Waals surface area contributed by atoms with Crippen molar-refractivity contribution in [3.8, 4) is 0 Å². The minimum absolute atomic E-state index is 0.784. The molecule has 0 amide bonds. The molecular formula is C11H18BrN3. The molecule has 0 saturated heterocycles. The third-order valence-electron chi connectivity index (χ3n) is 2.15. The van der Waals surface area contributed by atoms with Crippen LogP contribution in [-0.4, -0.2) is 18.1 Å². The Morgan fingerprint density at radius 2 is 2.20 bits per heavy atom. The highest BCUT2D eigenvalue weighted by atomic mass is 79.9. The first-order chi connectivity index (χ1) is 7.24. The van der Waals surface area contributed by atoms with Crippen molar-refractivity contribution in [1.29, 1.82) is 0 Å². The number of nitrogens with two attached hydrogens (primary N) is 1. The molecule has 84 valence electrons. The molecule has 0 atom stereocenters. The number of aromatic nitrogens is 1. The lowest BCUT2D eigenvalue weighted by atomic mass is 10.2. The number of anilines is 1. The van der Waals surface area contributed by atoms with Crippen LogP contribution in [0.4, 0.5) is 5.82 Å². The summed E-state index contributed by atoms with van der Waals surface area (Å²) < 4.78 is 1.03. The number of nitrogens with one attached hydrogen (secondary N) is 1. The van der Waals surface area contributed by atoms with Gasteiger partial charge in [0.05, 0.1) is 4.47 Å². The lowest BCUT2D eigenvalue weighted by Crippen LogP contribution is -2.05. The molecule has 4 heteroatoms. The van der Waals surface area contributed by atoms with E-state index in [9.17, 15) is 0 Å². The molecule has 1 rings (SSSR count). The van der Waals surface area contributed by atoms with Crippen LogP contribution in [0, 0.1) is 6.92 Å². The summed E-state index contributed by atoms with van der Waals surface area (Å²) in [7, 11) is 0. The van der Waals surface area contributed by atoms with Crippen LogP contribution in [-0.2, 0) is 0 Å². The molecule has 1 heterocycles. The first kappa shape index (κ1) is 12.5. The summed E-state index contributed by atoms with van der Waals surface area (Å²) in [6, 6.07) is 2.06. The second kappa shape index (κ2) is 6.80. The van der Waals surface area contributed by atoms with Gasteiger partial charge in [-0.2, -0.15) is 0 Å². The van der Waals surface area contributed by atoms with E-state index < -0.39 is 0 Å². The molecule has 0 unspecified atom stereocenters. The van der Waals surface area contributed by atoms with Crippen molar-refractivity contribution in [1.82, 2.24) is 4.98 Å². The summed E-state index contributed by atoms with van der Waals surface area (Å²) >= 11 is 3.48. The third-order valence-corrected chi connectivity index (χ3v) is 2.76. The molecule has 0 saturated carbocycles. The maximum Gasteiger partial charge on any atom is 0.140 e. The minimum Gasteiger partial charge on any atom is -0.369 e. The van der Waals surface area contributed by atoms with Crippen LogP contribution in [0.5, 0.6) is 0 Å². The zero-order valence-electron chi connectivity index (χ0n) is 9.09. The quantitative estimate of drug-likeness (QED) is 0.783. The van der Waals surface area contributed by atoms with E-state index in [0.29, 0.717) is 0 Å². The fraction of sp³-hybridized carbons (Fsp3) is 0.545. The normalized spacial score (nSPS) is 10.3. The molecule has 0 aliphatic carbocycles. The molecule has 15 heavy (non-hydrogen) atoms. The molecule has 0 bridgehead atoms. The molecule has 0 fully saturated rings. The smallest absolute Gasteiger partial charge is 0.140 e. The summed E-state index contributed by atoms with van der Waals surface area (Å²) in [5.41, 5.74) is 6.58. The van der Waals surface area contributed by atoms with Gasteiger partial charge in [-0.25, -0.2) is 4.98 Å². The second-order valence-electron chi connectivity index (χ2n) is 3.62. The number of halogens is 1. The SMILES string of the molecule is Cc1cnc(NCCCCCN)c(Br)c1. The van der Waals surface area contributed by atoms with Gasteiger partial charge in [0.1, 0.15) is 5.82 Å². The highest BCUT2D eigenvalue weighted by molar-refractivity contribution is 9.10. The predicted molar refractivity (Wildman–Crippen MR) is 68.1 cm³/mol. The maximum absolute atomic E-state index is 5.42. The Kier molecular flexibility index (Phi) is 5.65. The lowest BCUT2D eigenvalue weighted by molar-refractivity contribution is 0.706. The van der Waals surface area contributed by atoms with Crippen LogP contribution < -0.4 is 11.1 Å². The highest BCUT2D eigenvalue weighted by Crippen LogP contribution is 2.20. The van der Waals surface area contributed by atoms with Gasteiger partial charge in [0.25, 0.3) is 0 Å². The zero-order chi connectivity index (χ0) is 11.1. The number of hydrogen-bond acceptors (Lipinski definition) is 3. The Morgan fingerprint density at radius 3 is 2.87 bits per heavy atom. The fourth-order valence-electron chi connectivity index (χ4n) is 1.32. The Bertz CT molecular complexity index is 302. The van der Waals surface area contributed by atoms with E-state index in [1.54, 1.807) is 0 Å². The fourth-order valence-corrected chi connectivity index (χ4v) is 1.92. The van der Waals surface area contributed by atoms with Crippen LogP contribution in [0.3, 0.4) is 0 Å². The minimum atomic E-state index is 0.784. The molecule has 3 N–H and O–H groups in total. The van der Waals surface area contributed by atoms with Gasteiger partial charge >= 0.3 is 0 Å². The van der Waals surface area contributed by atoms with Crippen LogP contribution >= 0.6 is 15.9 Å². The Balaban J connectivity index is 2.31. The van der Waals surface area contributed by atoms with Crippen molar-refractivity contribution in [3.63, 3.8) is 0 Å². The Morgan fingerprint density at radius 1 is 1.40 bits per heavy atom. The molecule has 0 aliphatic rings. The average molecular weight is 272 g/mol. The van der Waals surface area contributed by atoms with E-state index in [4.69, 9.17) is 5.73 Å². The van der Waals surface area contributed by atoms with Crippen molar-refractivity contribution in [3.05, 3.63) is 22.3 Å². The number of aryl methyl sites for hydroxylation is 1. The van der Waals surface area contributed by atoms with Crippen LogP contribution in [0.25, 0.3) is 0 Å². The van der Waals surface area contributed by atoms with E-state index in [-0.39, 0.29) is 0 Å². The van der Waals surface area contributed by atoms with Gasteiger partial charge in [0, 0.05) is 12.7 Å². The summed E-state index contributed by atoms with van der Waals surface area (Å²) in [5.74, 6) is 0.924. The number of hydrogen-bond donors (Lipinski definition) is 2. The monoisotopic (exact) mass is 271 g/mol. The molecule has 0 spiro atoms. The van der Waals surface area contributed by atoms with Crippen molar-refractivity contribution in [2.24, 2.45) is 5.73 Å². The molecule has 0 radical (unpaired) electrons. The van der Waals surface area contributed by atoms with E-state index in [2.05, 4.69) is 32.3 Å². The van der Waals surface area contributed by atoms with Gasteiger partial charge in [-0.1, -0.05) is 6.42 Å². The number of pyridine rings is 1. The van der Waals surface area contributed by atoms with Crippen LogP contribution in [0.15, 0.2) is 16.7 Å². The van der Waals surface area contributed by atoms with Crippen molar-refractivity contribution in [2.75, 3.05) is 18.4 Å². The van der Waals surface area contributed by atoms with Gasteiger partial charge in [-0.15, -0.1) is 0 Å². The van der Waals surface area contributed by atoms with Crippen molar-refractivity contribution < 1.29 is 0 Å². The van der Waals surface area contributed by atoms with E-state index in [0.717, 1.165) is 41.8 Å². The van der Waals surface area contributed by atoms with Gasteiger partial charge in [0.2, 0.25) is 0 Å². The molecule has 0 aromatic carbocycles. The molecular weight excluding hydrogens is 254 g/mol. The lowest BCUT2D eigenvalue weighted by Gasteiger charge is -2.07. The van der Waals surface area contributed by atoms with Crippen LogP contribution in [0.2, 0.25) is 0 Å². The first-order valence-corrected chi connectivity index (χ1v) is 6.09. The summed E-state index contributed by atoms with van der Waals surface area (Å²) in [5, 5.41) is 3.30. The Labute approximate surface area is 99.6 Å². The number of nitrogens with zero attached hydrogens (tertiary/aromatic N) is 1. The number of unbranched alkanes of at least 4 members (excludes halogenated alkanes) is 2. The van der Waals surface area contributed by atoms with Gasteiger partial charge in [-0.05, 0) is 53.9 Å². The van der Waals surface area contributed by atoms with Crippen molar-refractivity contribution in [2.45, 2.75) is 26.2 Å².